The highest BCUT2D eigenvalue weighted by atomic mass is 16.5. The molecule has 0 aromatic rings. The number of aliphatic hydroxyl groups excluding tert-OH is 5. The van der Waals surface area contributed by atoms with Gasteiger partial charge in [-0.1, -0.05) is 12.2 Å². The topological polar surface area (TPSA) is 211 Å². The van der Waals surface area contributed by atoms with Crippen LogP contribution in [0.2, 0.25) is 0 Å². The van der Waals surface area contributed by atoms with E-state index in [1.165, 1.54) is 14.0 Å². The number of carbonyl (C=O) groups is 3. The first-order chi connectivity index (χ1) is 17.1. The van der Waals surface area contributed by atoms with E-state index in [2.05, 4.69) is 5.73 Å². The van der Waals surface area contributed by atoms with Crippen LogP contribution in [0.1, 0.15) is 26.2 Å². The maximum atomic E-state index is 13.3. The van der Waals surface area contributed by atoms with Gasteiger partial charge in [0.15, 0.2) is 11.6 Å². The van der Waals surface area contributed by atoms with Crippen LogP contribution in [0.25, 0.3) is 0 Å². The summed E-state index contributed by atoms with van der Waals surface area (Å²) in [5.74, 6) is -4.91. The van der Waals surface area contributed by atoms with Crippen LogP contribution in [0.5, 0.6) is 0 Å². The van der Waals surface area contributed by atoms with E-state index in [0.717, 1.165) is 14.2 Å². The Morgan fingerprint density at radius 3 is 2.11 bits per heavy atom. The van der Waals surface area contributed by atoms with Gasteiger partial charge in [-0.05, 0) is 36.5 Å². The lowest BCUT2D eigenvalue weighted by molar-refractivity contribution is -0.145. The summed E-state index contributed by atoms with van der Waals surface area (Å²) in [6.07, 6.45) is 6.13. The minimum Gasteiger partial charge on any atom is -0.511 e. The predicted octanol–water partition coefficient (Wildman–Crippen LogP) is 0.862. The van der Waals surface area contributed by atoms with Crippen molar-refractivity contribution < 1.29 is 44.7 Å². The van der Waals surface area contributed by atoms with E-state index in [4.69, 9.17) is 20.4 Å². The van der Waals surface area contributed by atoms with E-state index in [9.17, 15) is 29.7 Å². The number of methoxy groups -OCH3 is 1. The number of fused-ring (bicyclic) bond motifs is 3. The molecule has 4 rings (SSSR count). The second kappa shape index (κ2) is 13.7. The summed E-state index contributed by atoms with van der Waals surface area (Å²) in [5.41, 5.74) is 5.57. The van der Waals surface area contributed by atoms with Gasteiger partial charge in [0.05, 0.1) is 37.4 Å². The molecule has 4 aliphatic carbocycles. The second-order valence-electron chi connectivity index (χ2n) is 8.38. The molecule has 4 aliphatic rings. The standard InChI is InChI=1S/C21H23NO6.C2H5NO.2CH4O/c1-28-14-4-2-3-11-15(14)21(27)17-16(19(11)25)20(26)12-7-9(13(22)8-23)5-6-10(12)18(17)24;1-2(3)4;2*1-2/h2-4,9,11,15-17,22-24,26H,5-8H2,1H3;1H3,(H2,3,4);2*2H,1H3. The third-order valence-corrected chi connectivity index (χ3v) is 6.49. The number of hydrogen-bond acceptors (Lipinski definition) is 10. The quantitative estimate of drug-likeness (QED) is 0.269. The molecular formula is C25H36N2O9. The first-order valence-electron chi connectivity index (χ1n) is 11.3. The molecule has 8 N–H and O–H groups in total. The average molecular weight is 509 g/mol. The zero-order valence-electron chi connectivity index (χ0n) is 20.9. The van der Waals surface area contributed by atoms with Gasteiger partial charge in [0.25, 0.3) is 0 Å². The molecule has 0 aromatic carbocycles. The summed E-state index contributed by atoms with van der Waals surface area (Å²) in [7, 11) is 3.44. The second-order valence-corrected chi connectivity index (χ2v) is 8.38. The number of nitrogens with two attached hydrogens (primary N) is 1. The molecule has 0 spiro atoms. The van der Waals surface area contributed by atoms with E-state index >= 15 is 0 Å². The molecule has 2 fully saturated rings. The lowest BCUT2D eigenvalue weighted by atomic mass is 9.59. The molecule has 0 radical (unpaired) electrons. The highest BCUT2D eigenvalue weighted by Gasteiger charge is 2.56. The van der Waals surface area contributed by atoms with Gasteiger partial charge in [0.1, 0.15) is 17.3 Å². The van der Waals surface area contributed by atoms with Crippen molar-refractivity contribution >= 4 is 23.2 Å². The molecule has 2 saturated carbocycles. The number of aliphatic hydroxyl groups is 5. The fourth-order valence-electron chi connectivity index (χ4n) is 5.03. The Labute approximate surface area is 209 Å². The minimum absolute atomic E-state index is 0.145. The summed E-state index contributed by atoms with van der Waals surface area (Å²) in [6, 6.07) is 0. The van der Waals surface area contributed by atoms with Crippen LogP contribution in [0.3, 0.4) is 0 Å². The SMILES string of the molecule is CC(N)=O.CO.CO.COC1=CC=CC2C(=O)C3C(O)=C4CC(C(=N)CO)CCC4=C(O)C3C(=O)C12. The van der Waals surface area contributed by atoms with Crippen molar-refractivity contribution in [3.63, 3.8) is 0 Å². The van der Waals surface area contributed by atoms with Gasteiger partial charge in [0.2, 0.25) is 5.91 Å². The number of amides is 1. The Kier molecular flexibility index (Phi) is 11.7. The summed E-state index contributed by atoms with van der Waals surface area (Å²) in [6.45, 7) is 0.938. The van der Waals surface area contributed by atoms with Gasteiger partial charge in [-0.15, -0.1) is 0 Å². The highest BCUT2D eigenvalue weighted by molar-refractivity contribution is 6.05. The molecule has 200 valence electrons. The van der Waals surface area contributed by atoms with Crippen LogP contribution in [0, 0.1) is 35.0 Å². The molecule has 1 amide bonds. The van der Waals surface area contributed by atoms with Crippen molar-refractivity contribution in [3.8, 4) is 0 Å². The Balaban J connectivity index is 0.000000725. The van der Waals surface area contributed by atoms with Crippen molar-refractivity contribution in [2.45, 2.75) is 26.2 Å². The number of rotatable bonds is 3. The zero-order chi connectivity index (χ0) is 27.7. The van der Waals surface area contributed by atoms with Crippen LogP contribution in [0.15, 0.2) is 46.7 Å². The number of carbonyl (C=O) groups excluding carboxylic acids is 3. The van der Waals surface area contributed by atoms with Crippen LogP contribution in [-0.4, -0.2) is 76.7 Å². The largest absolute Gasteiger partial charge is 0.511 e. The zero-order valence-corrected chi connectivity index (χ0v) is 20.9. The first-order valence-corrected chi connectivity index (χ1v) is 11.3. The Hall–Kier alpha value is -3.28. The van der Waals surface area contributed by atoms with Crippen molar-refractivity contribution in [1.82, 2.24) is 0 Å². The van der Waals surface area contributed by atoms with Crippen molar-refractivity contribution in [2.24, 2.45) is 35.3 Å². The lowest BCUT2D eigenvalue weighted by Gasteiger charge is -2.43. The Bertz CT molecular complexity index is 989. The van der Waals surface area contributed by atoms with E-state index in [1.54, 1.807) is 18.2 Å². The lowest BCUT2D eigenvalue weighted by Crippen LogP contribution is -2.51. The highest BCUT2D eigenvalue weighted by Crippen LogP contribution is 2.51. The average Bonchev–Trinajstić information content (AvgIpc) is 2.90. The van der Waals surface area contributed by atoms with Gasteiger partial charge >= 0.3 is 0 Å². The molecular weight excluding hydrogens is 472 g/mol. The van der Waals surface area contributed by atoms with Gasteiger partial charge in [-0.2, -0.15) is 0 Å². The molecule has 5 atom stereocenters. The Morgan fingerprint density at radius 1 is 1.06 bits per heavy atom. The number of ketones is 2. The van der Waals surface area contributed by atoms with E-state index in [1.807, 2.05) is 0 Å². The summed E-state index contributed by atoms with van der Waals surface area (Å²) in [4.78, 5) is 35.7. The third kappa shape index (κ3) is 5.92. The third-order valence-electron chi connectivity index (χ3n) is 6.49. The summed E-state index contributed by atoms with van der Waals surface area (Å²) < 4.78 is 5.30. The molecule has 0 heterocycles. The maximum Gasteiger partial charge on any atom is 0.214 e. The van der Waals surface area contributed by atoms with Crippen molar-refractivity contribution in [3.05, 3.63) is 46.7 Å². The summed E-state index contributed by atoms with van der Waals surface area (Å²) in [5, 5.41) is 53.0. The molecule has 0 aromatic heterocycles. The smallest absolute Gasteiger partial charge is 0.214 e. The monoisotopic (exact) mass is 508 g/mol. The first kappa shape index (κ1) is 30.8. The molecule has 11 heteroatoms. The van der Waals surface area contributed by atoms with Crippen LogP contribution in [0.4, 0.5) is 0 Å². The minimum atomic E-state index is -1.12. The number of ether oxygens (including phenoxy) is 1. The van der Waals surface area contributed by atoms with Crippen molar-refractivity contribution in [2.75, 3.05) is 27.9 Å². The molecule has 0 saturated heterocycles. The van der Waals surface area contributed by atoms with E-state index < -0.39 is 23.7 Å². The van der Waals surface area contributed by atoms with Gasteiger partial charge in [-0.3, -0.25) is 14.4 Å². The molecule has 36 heavy (non-hydrogen) atoms. The maximum absolute atomic E-state index is 13.3. The molecule has 0 bridgehead atoms. The van der Waals surface area contributed by atoms with Gasteiger partial charge < -0.3 is 41.4 Å². The fourth-order valence-corrected chi connectivity index (χ4v) is 5.03. The van der Waals surface area contributed by atoms with Crippen LogP contribution < -0.4 is 5.73 Å². The fraction of sp³-hybridized carbons (Fsp3) is 0.520. The van der Waals surface area contributed by atoms with Crippen LogP contribution >= 0.6 is 0 Å². The molecule has 0 aliphatic heterocycles. The number of nitrogens with one attached hydrogen (secondary N) is 1. The van der Waals surface area contributed by atoms with E-state index in [0.29, 0.717) is 29.7 Å². The normalized spacial score (nSPS) is 27.9. The number of Topliss-reactive ketones (excluding diaryl/α,β-unsaturated/α-hetero) is 2. The number of hydrogen-bond donors (Lipinski definition) is 7. The van der Waals surface area contributed by atoms with Gasteiger partial charge in [0, 0.05) is 32.8 Å². The number of allylic oxidation sites excluding steroid dienone is 8. The van der Waals surface area contributed by atoms with E-state index in [-0.39, 0.29) is 53.6 Å². The summed E-state index contributed by atoms with van der Waals surface area (Å²) >= 11 is 0. The predicted molar refractivity (Wildman–Crippen MR) is 131 cm³/mol. The van der Waals surface area contributed by atoms with Crippen molar-refractivity contribution in [1.29, 1.82) is 5.41 Å². The molecule has 11 nitrogen and oxygen atoms in total. The number of primary amides is 1. The van der Waals surface area contributed by atoms with Crippen LogP contribution in [-0.2, 0) is 19.1 Å². The van der Waals surface area contributed by atoms with Gasteiger partial charge in [-0.25, -0.2) is 0 Å². The molecule has 5 unspecified atom stereocenters. The Morgan fingerprint density at radius 2 is 1.58 bits per heavy atom.